The molecule has 0 saturated carbocycles. The van der Waals surface area contributed by atoms with Crippen LogP contribution in [0.1, 0.15) is 97.3 Å². The molecule has 0 saturated heterocycles. The van der Waals surface area contributed by atoms with Crippen LogP contribution >= 0.6 is 0 Å². The smallest absolute Gasteiger partial charge is 0.317 e. The van der Waals surface area contributed by atoms with Crippen molar-refractivity contribution in [3.8, 4) is 0 Å². The Balaban J connectivity index is 0. The van der Waals surface area contributed by atoms with Crippen LogP contribution in [0.5, 0.6) is 0 Å². The van der Waals surface area contributed by atoms with Crippen molar-refractivity contribution in [3.05, 3.63) is 0 Å². The van der Waals surface area contributed by atoms with E-state index in [1.165, 1.54) is 39.0 Å². The average Bonchev–Trinajstić information content (AvgIpc) is 2.70. The second-order valence-electron chi connectivity index (χ2n) is 7.79. The summed E-state index contributed by atoms with van der Waals surface area (Å²) in [6.07, 6.45) is 9.73. The number of rotatable bonds is 18. The number of carboxylic acids is 2. The molecule has 0 rings (SSSR count). The zero-order chi connectivity index (χ0) is 23.4. The molecule has 8 nitrogen and oxygen atoms in total. The van der Waals surface area contributed by atoms with E-state index in [1.807, 2.05) is 0 Å². The number of hydrogen-bond acceptors (Lipinski definition) is 6. The van der Waals surface area contributed by atoms with Crippen LogP contribution in [0.15, 0.2) is 0 Å². The molecule has 0 radical (unpaired) electrons. The lowest BCUT2D eigenvalue weighted by Crippen LogP contribution is -2.38. The van der Waals surface area contributed by atoms with E-state index in [1.54, 1.807) is 0 Å². The van der Waals surface area contributed by atoms with Gasteiger partial charge in [0.2, 0.25) is 0 Å². The standard InChI is InChI=1S/C19H34O5.C3H8O3/c1-3-4-5-6-7-8-9-10-11-14-19(16(2)20,18(23)24)15-12-13-17(21)22;4-1-3(6)2-5/h3-15H2,1-2H3,(H,21,22)(H,23,24);3-6H,1-2H2. The van der Waals surface area contributed by atoms with Crippen molar-refractivity contribution in [3.63, 3.8) is 0 Å². The third kappa shape index (κ3) is 15.3. The van der Waals surface area contributed by atoms with Crippen LogP contribution in [0, 0.1) is 5.41 Å². The maximum Gasteiger partial charge on any atom is 0.317 e. The topological polar surface area (TPSA) is 152 Å². The van der Waals surface area contributed by atoms with Gasteiger partial charge in [-0.15, -0.1) is 0 Å². The predicted molar refractivity (Wildman–Crippen MR) is 114 cm³/mol. The Morgan fingerprint density at radius 3 is 1.53 bits per heavy atom. The van der Waals surface area contributed by atoms with Crippen LogP contribution in [0.3, 0.4) is 0 Å². The van der Waals surface area contributed by atoms with E-state index >= 15 is 0 Å². The SMILES string of the molecule is CCCCCCCCCCCC(CCCC(=O)O)(C(C)=O)C(=O)O.OCC(O)CO. The summed E-state index contributed by atoms with van der Waals surface area (Å²) in [5.74, 6) is -2.43. The van der Waals surface area contributed by atoms with Gasteiger partial charge < -0.3 is 25.5 Å². The summed E-state index contributed by atoms with van der Waals surface area (Å²) >= 11 is 0. The highest BCUT2D eigenvalue weighted by molar-refractivity contribution is 6.01. The van der Waals surface area contributed by atoms with Gasteiger partial charge in [0.25, 0.3) is 0 Å². The van der Waals surface area contributed by atoms with Crippen molar-refractivity contribution in [1.82, 2.24) is 0 Å². The number of aliphatic hydroxyl groups is 3. The highest BCUT2D eigenvalue weighted by Crippen LogP contribution is 2.33. The summed E-state index contributed by atoms with van der Waals surface area (Å²) in [7, 11) is 0. The maximum atomic E-state index is 11.9. The predicted octanol–water partition coefficient (Wildman–Crippen LogP) is 3.15. The number of Topliss-reactive ketones (excluding diaryl/α,β-unsaturated/α-hetero) is 1. The van der Waals surface area contributed by atoms with Gasteiger partial charge in [-0.1, -0.05) is 64.7 Å². The van der Waals surface area contributed by atoms with Crippen LogP contribution in [0.4, 0.5) is 0 Å². The summed E-state index contributed by atoms with van der Waals surface area (Å²) in [6.45, 7) is 2.77. The molecular formula is C22H42O8. The van der Waals surface area contributed by atoms with E-state index < -0.39 is 23.5 Å². The third-order valence-corrected chi connectivity index (χ3v) is 5.21. The number of hydrogen-bond donors (Lipinski definition) is 5. The average molecular weight is 435 g/mol. The maximum absolute atomic E-state index is 11.9. The van der Waals surface area contributed by atoms with Crippen molar-refractivity contribution in [2.45, 2.75) is 103 Å². The fourth-order valence-electron chi connectivity index (χ4n) is 3.18. The van der Waals surface area contributed by atoms with Crippen molar-refractivity contribution in [2.75, 3.05) is 13.2 Å². The molecule has 0 aromatic heterocycles. The number of carbonyl (C=O) groups excluding carboxylic acids is 1. The fourth-order valence-corrected chi connectivity index (χ4v) is 3.18. The molecule has 30 heavy (non-hydrogen) atoms. The number of carboxylic acid groups (broad SMARTS) is 2. The number of ketones is 1. The molecule has 0 aliphatic rings. The van der Waals surface area contributed by atoms with Crippen molar-refractivity contribution in [1.29, 1.82) is 0 Å². The van der Waals surface area contributed by atoms with Crippen molar-refractivity contribution in [2.24, 2.45) is 5.41 Å². The van der Waals surface area contributed by atoms with E-state index in [4.69, 9.17) is 20.4 Å². The summed E-state index contributed by atoms with van der Waals surface area (Å²) in [4.78, 5) is 34.2. The van der Waals surface area contributed by atoms with Gasteiger partial charge in [-0.05, 0) is 26.2 Å². The first-order valence-electron chi connectivity index (χ1n) is 11.0. The molecule has 178 valence electrons. The van der Waals surface area contributed by atoms with Gasteiger partial charge in [-0.25, -0.2) is 0 Å². The molecule has 1 unspecified atom stereocenters. The zero-order valence-corrected chi connectivity index (χ0v) is 18.6. The van der Waals surface area contributed by atoms with Crippen LogP contribution in [-0.2, 0) is 14.4 Å². The van der Waals surface area contributed by atoms with Crippen molar-refractivity contribution < 1.29 is 39.9 Å². The van der Waals surface area contributed by atoms with Gasteiger partial charge in [0.15, 0.2) is 0 Å². The largest absolute Gasteiger partial charge is 0.481 e. The normalized spacial score (nSPS) is 12.7. The first kappa shape index (κ1) is 30.7. The molecule has 5 N–H and O–H groups in total. The molecule has 0 fully saturated rings. The molecule has 0 aromatic rings. The number of unbranched alkanes of at least 4 members (excludes halogenated alkanes) is 8. The van der Waals surface area contributed by atoms with Gasteiger partial charge in [0, 0.05) is 6.42 Å². The third-order valence-electron chi connectivity index (χ3n) is 5.21. The molecule has 1 atom stereocenters. The minimum atomic E-state index is -1.41. The van der Waals surface area contributed by atoms with Crippen LogP contribution in [0.25, 0.3) is 0 Å². The highest BCUT2D eigenvalue weighted by Gasteiger charge is 2.42. The van der Waals surface area contributed by atoms with E-state index in [-0.39, 0.29) is 38.3 Å². The molecule has 8 heteroatoms. The lowest BCUT2D eigenvalue weighted by atomic mass is 9.75. The molecule has 0 bridgehead atoms. The van der Waals surface area contributed by atoms with Gasteiger partial charge >= 0.3 is 11.9 Å². The Labute approximate surface area is 180 Å². The molecule has 0 aliphatic heterocycles. The zero-order valence-electron chi connectivity index (χ0n) is 18.6. The summed E-state index contributed by atoms with van der Waals surface area (Å²) in [5, 5.41) is 42.2. The van der Waals surface area contributed by atoms with Gasteiger partial charge in [-0.2, -0.15) is 0 Å². The monoisotopic (exact) mass is 434 g/mol. The Morgan fingerprint density at radius 2 is 1.20 bits per heavy atom. The van der Waals surface area contributed by atoms with Crippen molar-refractivity contribution >= 4 is 17.7 Å². The first-order valence-corrected chi connectivity index (χ1v) is 11.0. The fraction of sp³-hybridized carbons (Fsp3) is 0.864. The Bertz CT molecular complexity index is 446. The van der Waals surface area contributed by atoms with E-state index in [0.29, 0.717) is 12.8 Å². The van der Waals surface area contributed by atoms with E-state index in [9.17, 15) is 19.5 Å². The number of aliphatic carboxylic acids is 2. The lowest BCUT2D eigenvalue weighted by Gasteiger charge is -2.26. The Morgan fingerprint density at radius 1 is 0.767 bits per heavy atom. The van der Waals surface area contributed by atoms with Crippen LogP contribution in [0.2, 0.25) is 0 Å². The number of carbonyl (C=O) groups is 3. The molecular weight excluding hydrogens is 392 g/mol. The van der Waals surface area contributed by atoms with Gasteiger partial charge in [-0.3, -0.25) is 14.4 Å². The quantitative estimate of drug-likeness (QED) is 0.163. The molecule has 0 heterocycles. The summed E-state index contributed by atoms with van der Waals surface area (Å²) < 4.78 is 0. The summed E-state index contributed by atoms with van der Waals surface area (Å²) in [6, 6.07) is 0. The number of aliphatic hydroxyl groups excluding tert-OH is 3. The second kappa shape index (κ2) is 19.5. The lowest BCUT2D eigenvalue weighted by molar-refractivity contribution is -0.156. The minimum Gasteiger partial charge on any atom is -0.481 e. The molecule has 0 spiro atoms. The molecule has 0 aromatic carbocycles. The Hall–Kier alpha value is -1.51. The van der Waals surface area contributed by atoms with Gasteiger partial charge in [0.05, 0.1) is 13.2 Å². The minimum absolute atomic E-state index is 0.0972. The van der Waals surface area contributed by atoms with E-state index in [2.05, 4.69) is 6.92 Å². The second-order valence-corrected chi connectivity index (χ2v) is 7.79. The van der Waals surface area contributed by atoms with Gasteiger partial charge in [0.1, 0.15) is 17.3 Å². The van der Waals surface area contributed by atoms with Crippen LogP contribution < -0.4 is 0 Å². The molecule has 0 aliphatic carbocycles. The molecule has 0 amide bonds. The van der Waals surface area contributed by atoms with Crippen LogP contribution in [-0.4, -0.2) is 62.6 Å². The Kier molecular flexibility index (Phi) is 19.9. The highest BCUT2D eigenvalue weighted by atomic mass is 16.4. The summed E-state index contributed by atoms with van der Waals surface area (Å²) in [5.41, 5.74) is -1.41. The first-order chi connectivity index (χ1) is 14.2. The van der Waals surface area contributed by atoms with E-state index in [0.717, 1.165) is 19.3 Å².